The van der Waals surface area contributed by atoms with E-state index in [1.54, 1.807) is 5.32 Å². The van der Waals surface area contributed by atoms with Gasteiger partial charge in [-0.3, -0.25) is 0 Å². The molecule has 2 rings (SSSR count). The molecule has 0 amide bonds. The summed E-state index contributed by atoms with van der Waals surface area (Å²) < 4.78 is 63.4. The van der Waals surface area contributed by atoms with Crippen LogP contribution in [0.5, 0.6) is 11.5 Å². The van der Waals surface area contributed by atoms with Crippen LogP contribution in [0.2, 0.25) is 0 Å². The van der Waals surface area contributed by atoms with Crippen LogP contribution in [-0.4, -0.2) is 19.6 Å². The third-order valence-corrected chi connectivity index (χ3v) is 2.18. The van der Waals surface area contributed by atoms with Crippen LogP contribution in [0.15, 0.2) is 18.2 Å². The van der Waals surface area contributed by atoms with Gasteiger partial charge in [-0.15, -0.1) is 8.78 Å². The molecule has 8 heteroatoms. The number of nitrogens with one attached hydrogen (secondary N) is 1. The number of ether oxygens (including phenoxy) is 3. The molecular formula is C10H9F4NO3. The Bertz CT molecular complexity index is 453. The van der Waals surface area contributed by atoms with E-state index in [0.717, 1.165) is 13.1 Å². The average molecular weight is 267 g/mol. The number of hydrogen-bond donors (Lipinski definition) is 1. The van der Waals surface area contributed by atoms with E-state index in [9.17, 15) is 17.6 Å². The van der Waals surface area contributed by atoms with Gasteiger partial charge in [-0.2, -0.15) is 8.78 Å². The largest absolute Gasteiger partial charge is 0.586 e. The van der Waals surface area contributed by atoms with E-state index >= 15 is 0 Å². The summed E-state index contributed by atoms with van der Waals surface area (Å²) in [5.74, 6) is -0.363. The summed E-state index contributed by atoms with van der Waals surface area (Å²) in [4.78, 5) is 0. The van der Waals surface area contributed by atoms with E-state index in [1.807, 2.05) is 0 Å². The van der Waals surface area contributed by atoms with Crippen LogP contribution in [-0.2, 0) is 11.3 Å². The van der Waals surface area contributed by atoms with E-state index in [4.69, 9.17) is 0 Å². The Kier molecular flexibility index (Phi) is 3.07. The van der Waals surface area contributed by atoms with Crippen molar-refractivity contribution in [2.75, 3.05) is 7.05 Å². The third kappa shape index (κ3) is 2.82. The van der Waals surface area contributed by atoms with Crippen molar-refractivity contribution in [3.63, 3.8) is 0 Å². The van der Waals surface area contributed by atoms with Crippen LogP contribution in [0.1, 0.15) is 5.56 Å². The van der Waals surface area contributed by atoms with Crippen LogP contribution in [0.3, 0.4) is 0 Å². The topological polar surface area (TPSA) is 39.7 Å². The SMILES string of the molecule is CNC(F)(F)OCc1ccc2c(c1)OC(F)(F)O2. The highest BCUT2D eigenvalue weighted by molar-refractivity contribution is 5.45. The van der Waals surface area contributed by atoms with Gasteiger partial charge in [-0.05, 0) is 24.7 Å². The molecule has 1 aromatic rings. The van der Waals surface area contributed by atoms with Crippen LogP contribution in [0.4, 0.5) is 17.6 Å². The van der Waals surface area contributed by atoms with Gasteiger partial charge >= 0.3 is 12.5 Å². The van der Waals surface area contributed by atoms with Gasteiger partial charge in [0, 0.05) is 0 Å². The first-order valence-electron chi connectivity index (χ1n) is 4.91. The molecular weight excluding hydrogens is 258 g/mol. The van der Waals surface area contributed by atoms with Gasteiger partial charge in [0.15, 0.2) is 11.5 Å². The van der Waals surface area contributed by atoms with Crippen LogP contribution in [0, 0.1) is 0 Å². The van der Waals surface area contributed by atoms with Crippen molar-refractivity contribution in [1.29, 1.82) is 0 Å². The van der Waals surface area contributed by atoms with Crippen molar-refractivity contribution in [3.05, 3.63) is 23.8 Å². The molecule has 0 aliphatic carbocycles. The lowest BCUT2D eigenvalue weighted by Gasteiger charge is -2.15. The first-order valence-corrected chi connectivity index (χ1v) is 4.91. The van der Waals surface area contributed by atoms with Crippen LogP contribution >= 0.6 is 0 Å². The molecule has 1 heterocycles. The first kappa shape index (κ1) is 12.9. The van der Waals surface area contributed by atoms with Crippen molar-refractivity contribution in [2.45, 2.75) is 19.1 Å². The highest BCUT2D eigenvalue weighted by atomic mass is 19.3. The maximum atomic E-state index is 12.7. The van der Waals surface area contributed by atoms with Crippen molar-refractivity contribution >= 4 is 0 Å². The van der Waals surface area contributed by atoms with Crippen molar-refractivity contribution in [1.82, 2.24) is 5.32 Å². The smallest absolute Gasteiger partial charge is 0.395 e. The first-order chi connectivity index (χ1) is 8.31. The number of alkyl halides is 4. The summed E-state index contributed by atoms with van der Waals surface area (Å²) in [5, 5.41) is 1.65. The molecule has 0 radical (unpaired) electrons. The van der Waals surface area contributed by atoms with Gasteiger partial charge in [0.05, 0.1) is 6.61 Å². The Labute approximate surface area is 99.4 Å². The second-order valence-corrected chi connectivity index (χ2v) is 3.50. The number of halogens is 4. The monoisotopic (exact) mass is 267 g/mol. The molecule has 0 atom stereocenters. The second kappa shape index (κ2) is 4.29. The van der Waals surface area contributed by atoms with E-state index < -0.39 is 19.1 Å². The fourth-order valence-electron chi connectivity index (χ4n) is 1.33. The summed E-state index contributed by atoms with van der Waals surface area (Å²) in [6, 6.07) is 3.68. The summed E-state index contributed by atoms with van der Waals surface area (Å²) in [7, 11) is 1.03. The number of rotatable bonds is 4. The minimum atomic E-state index is -3.73. The lowest BCUT2D eigenvalue weighted by atomic mass is 10.2. The van der Waals surface area contributed by atoms with Gasteiger partial charge in [-0.25, -0.2) is 5.32 Å². The van der Waals surface area contributed by atoms with Crippen molar-refractivity contribution in [2.24, 2.45) is 0 Å². The third-order valence-electron chi connectivity index (χ3n) is 2.18. The quantitative estimate of drug-likeness (QED) is 0.516. The number of hydrogen-bond acceptors (Lipinski definition) is 4. The highest BCUT2D eigenvalue weighted by Crippen LogP contribution is 2.41. The standard InChI is InChI=1S/C10H9F4NO3/c1-15-9(11,12)16-5-6-2-3-7-8(4-6)18-10(13,14)17-7/h2-4,15H,5H2,1H3. The lowest BCUT2D eigenvalue weighted by Crippen LogP contribution is -2.35. The Balaban J connectivity index is 2.05. The van der Waals surface area contributed by atoms with E-state index in [0.29, 0.717) is 0 Å². The van der Waals surface area contributed by atoms with Crippen LogP contribution < -0.4 is 14.8 Å². The summed E-state index contributed by atoms with van der Waals surface area (Å²) in [5.41, 5.74) is 0.255. The number of fused-ring (bicyclic) bond motifs is 1. The maximum Gasteiger partial charge on any atom is 0.586 e. The predicted molar refractivity (Wildman–Crippen MR) is 51.4 cm³/mol. The maximum absolute atomic E-state index is 12.7. The molecule has 1 aromatic carbocycles. The molecule has 100 valence electrons. The molecule has 0 saturated heterocycles. The van der Waals surface area contributed by atoms with Gasteiger partial charge in [0.25, 0.3) is 0 Å². The fraction of sp³-hybridized carbons (Fsp3) is 0.400. The Morgan fingerprint density at radius 3 is 2.61 bits per heavy atom. The number of benzene rings is 1. The van der Waals surface area contributed by atoms with E-state index in [2.05, 4.69) is 14.2 Å². The molecule has 1 aliphatic rings. The van der Waals surface area contributed by atoms with Crippen LogP contribution in [0.25, 0.3) is 0 Å². The summed E-state index contributed by atoms with van der Waals surface area (Å²) >= 11 is 0. The molecule has 0 saturated carbocycles. The van der Waals surface area contributed by atoms with E-state index in [1.165, 1.54) is 12.1 Å². The molecule has 0 spiro atoms. The Morgan fingerprint density at radius 2 is 1.94 bits per heavy atom. The van der Waals surface area contributed by atoms with Gasteiger partial charge in [-0.1, -0.05) is 6.07 Å². The summed E-state index contributed by atoms with van der Waals surface area (Å²) in [6.07, 6.45) is -7.21. The zero-order chi connectivity index (χ0) is 13.4. The molecule has 0 aromatic heterocycles. The van der Waals surface area contributed by atoms with Crippen molar-refractivity contribution < 1.29 is 31.8 Å². The minimum Gasteiger partial charge on any atom is -0.395 e. The average Bonchev–Trinajstić information content (AvgIpc) is 2.59. The highest BCUT2D eigenvalue weighted by Gasteiger charge is 2.43. The predicted octanol–water partition coefficient (Wildman–Crippen LogP) is 2.29. The Morgan fingerprint density at radius 1 is 1.28 bits per heavy atom. The Hall–Kier alpha value is -1.54. The molecule has 0 bridgehead atoms. The normalized spacial score (nSPS) is 16.9. The van der Waals surface area contributed by atoms with Crippen molar-refractivity contribution in [3.8, 4) is 11.5 Å². The minimum absolute atomic E-state index is 0.149. The van der Waals surface area contributed by atoms with E-state index in [-0.39, 0.29) is 17.1 Å². The molecule has 0 unspecified atom stereocenters. The fourth-order valence-corrected chi connectivity index (χ4v) is 1.33. The molecule has 1 N–H and O–H groups in total. The summed E-state index contributed by atoms with van der Waals surface area (Å²) in [6.45, 7) is -0.462. The van der Waals surface area contributed by atoms with Gasteiger partial charge < -0.3 is 14.2 Å². The lowest BCUT2D eigenvalue weighted by molar-refractivity contribution is -0.286. The molecule has 4 nitrogen and oxygen atoms in total. The molecule has 0 fully saturated rings. The zero-order valence-electron chi connectivity index (χ0n) is 9.18. The van der Waals surface area contributed by atoms with Gasteiger partial charge in [0.1, 0.15) is 0 Å². The second-order valence-electron chi connectivity index (χ2n) is 3.50. The van der Waals surface area contributed by atoms with Gasteiger partial charge in [0.2, 0.25) is 0 Å². The zero-order valence-corrected chi connectivity index (χ0v) is 9.18. The molecule has 18 heavy (non-hydrogen) atoms. The molecule has 1 aliphatic heterocycles.